The van der Waals surface area contributed by atoms with E-state index in [0.29, 0.717) is 30.3 Å². The summed E-state index contributed by atoms with van der Waals surface area (Å²) in [5.41, 5.74) is 2.76. The molecule has 194 valence electrons. The third kappa shape index (κ3) is 5.70. The van der Waals surface area contributed by atoms with Crippen molar-refractivity contribution in [2.24, 2.45) is 10.1 Å². The maximum atomic E-state index is 12.6. The number of aryl methyl sites for hydroxylation is 2. The highest BCUT2D eigenvalue weighted by atomic mass is 32.3. The molecule has 2 heterocycles. The van der Waals surface area contributed by atoms with Gasteiger partial charge in [-0.15, -0.1) is 5.10 Å². The maximum Gasteiger partial charge on any atom is 0.283 e. The molecule has 10 nitrogen and oxygen atoms in total. The second kappa shape index (κ2) is 10.8. The monoisotopic (exact) mass is 542 g/mol. The molecule has 4 rings (SSSR count). The van der Waals surface area contributed by atoms with E-state index in [1.54, 1.807) is 18.2 Å². The van der Waals surface area contributed by atoms with Gasteiger partial charge in [-0.2, -0.15) is 10.0 Å². The number of amidine groups is 2. The van der Waals surface area contributed by atoms with Crippen molar-refractivity contribution in [2.75, 3.05) is 26.1 Å². The topological polar surface area (TPSA) is 131 Å². The molecule has 0 aromatic heterocycles. The largest absolute Gasteiger partial charge is 0.493 e. The van der Waals surface area contributed by atoms with Crippen LogP contribution in [0.25, 0.3) is 6.08 Å². The number of rotatable bonds is 8. The van der Waals surface area contributed by atoms with Crippen molar-refractivity contribution in [1.29, 1.82) is 5.41 Å². The molecule has 2 aromatic rings. The average molecular weight is 543 g/mol. The van der Waals surface area contributed by atoms with Crippen LogP contribution < -0.4 is 14.2 Å². The summed E-state index contributed by atoms with van der Waals surface area (Å²) in [5, 5.41) is 13.5. The SMILES string of the molecule is CCS(=O)(=O)C1=NN2C(=N)/C(=C\c3ccc(OCCOc4ccc(C)cc4C)c(OC)c3)C(=O)N=C2S1. The van der Waals surface area contributed by atoms with Gasteiger partial charge >= 0.3 is 0 Å². The molecule has 0 saturated heterocycles. The molecule has 0 aliphatic carbocycles. The molecule has 0 spiro atoms. The summed E-state index contributed by atoms with van der Waals surface area (Å²) in [5.74, 6) is 0.674. The Hall–Kier alpha value is -3.64. The summed E-state index contributed by atoms with van der Waals surface area (Å²) in [7, 11) is -2.09. The number of hydrogen-bond acceptors (Lipinski definition) is 9. The molecule has 37 heavy (non-hydrogen) atoms. The third-order valence-electron chi connectivity index (χ3n) is 5.51. The van der Waals surface area contributed by atoms with Crippen molar-refractivity contribution in [1.82, 2.24) is 5.01 Å². The number of fused-ring (bicyclic) bond motifs is 1. The first-order valence-corrected chi connectivity index (χ1v) is 13.8. The van der Waals surface area contributed by atoms with Crippen molar-refractivity contribution in [2.45, 2.75) is 20.8 Å². The Balaban J connectivity index is 1.46. The van der Waals surface area contributed by atoms with Crippen LogP contribution in [0.4, 0.5) is 0 Å². The standard InChI is InChI=1S/C25H26N4O6S2/c1-5-37(31,32)25-28-29-22(26)18(23(30)27-24(29)36-25)13-17-7-9-20(21(14-17)33-4)35-11-10-34-19-8-6-15(2)12-16(19)3/h6-9,12-14,26H,5,10-11H2,1-4H3/b18-13+,26-22?. The lowest BCUT2D eigenvalue weighted by Crippen LogP contribution is -2.35. The molecule has 0 saturated carbocycles. The molecule has 1 N–H and O–H groups in total. The number of aliphatic imine (C=N–C) groups is 1. The molecular weight excluding hydrogens is 516 g/mol. The van der Waals surface area contributed by atoms with Gasteiger partial charge in [0.15, 0.2) is 17.3 Å². The molecule has 0 fully saturated rings. The lowest BCUT2D eigenvalue weighted by Gasteiger charge is -2.20. The number of sulfone groups is 1. The van der Waals surface area contributed by atoms with E-state index >= 15 is 0 Å². The van der Waals surface area contributed by atoms with Crippen LogP contribution in [-0.2, 0) is 14.6 Å². The van der Waals surface area contributed by atoms with E-state index in [0.717, 1.165) is 28.1 Å². The fraction of sp³-hybridized carbons (Fsp3) is 0.280. The van der Waals surface area contributed by atoms with Gasteiger partial charge in [-0.3, -0.25) is 10.2 Å². The molecule has 12 heteroatoms. The van der Waals surface area contributed by atoms with Gasteiger partial charge in [0.25, 0.3) is 5.91 Å². The number of carbonyl (C=O) groups is 1. The summed E-state index contributed by atoms with van der Waals surface area (Å²) < 4.78 is 41.2. The van der Waals surface area contributed by atoms with Crippen molar-refractivity contribution < 1.29 is 27.4 Å². The van der Waals surface area contributed by atoms with E-state index in [-0.39, 0.29) is 26.7 Å². The highest BCUT2D eigenvalue weighted by Crippen LogP contribution is 2.32. The number of amides is 1. The second-order valence-corrected chi connectivity index (χ2v) is 11.6. The quantitative estimate of drug-likeness (QED) is 0.394. The van der Waals surface area contributed by atoms with Gasteiger partial charge in [-0.05, 0) is 61.0 Å². The summed E-state index contributed by atoms with van der Waals surface area (Å²) >= 11 is 0.761. The number of thioether (sulfide) groups is 1. The number of methoxy groups -OCH3 is 1. The summed E-state index contributed by atoms with van der Waals surface area (Å²) in [6.45, 7) is 6.15. The number of carbonyl (C=O) groups excluding carboxylic acids is 1. The molecule has 0 radical (unpaired) electrons. The lowest BCUT2D eigenvalue weighted by molar-refractivity contribution is -0.114. The highest BCUT2D eigenvalue weighted by Gasteiger charge is 2.39. The normalized spacial score (nSPS) is 16.4. The zero-order valence-corrected chi connectivity index (χ0v) is 22.4. The van der Waals surface area contributed by atoms with Crippen LogP contribution in [0, 0.1) is 19.3 Å². The van der Waals surface area contributed by atoms with Gasteiger partial charge in [0.2, 0.25) is 19.4 Å². The number of benzene rings is 2. The molecule has 2 aliphatic heterocycles. The van der Waals surface area contributed by atoms with E-state index in [1.165, 1.54) is 25.7 Å². The van der Waals surface area contributed by atoms with Crippen LogP contribution in [0.1, 0.15) is 23.6 Å². The Bertz CT molecular complexity index is 1460. The van der Waals surface area contributed by atoms with Gasteiger partial charge < -0.3 is 14.2 Å². The van der Waals surface area contributed by atoms with E-state index in [1.807, 2.05) is 26.0 Å². The van der Waals surface area contributed by atoms with E-state index in [4.69, 9.17) is 19.6 Å². The Labute approximate surface area is 219 Å². The molecule has 0 bridgehead atoms. The Morgan fingerprint density at radius 1 is 1.05 bits per heavy atom. The smallest absolute Gasteiger partial charge is 0.283 e. The van der Waals surface area contributed by atoms with Crippen LogP contribution in [0.3, 0.4) is 0 Å². The van der Waals surface area contributed by atoms with Gasteiger partial charge in [0, 0.05) is 0 Å². The molecule has 1 amide bonds. The van der Waals surface area contributed by atoms with Crippen molar-refractivity contribution >= 4 is 49.0 Å². The number of nitrogens with zero attached hydrogens (tertiary/aromatic N) is 3. The minimum atomic E-state index is -3.59. The summed E-state index contributed by atoms with van der Waals surface area (Å²) in [4.78, 5) is 16.6. The van der Waals surface area contributed by atoms with E-state index in [2.05, 4.69) is 16.2 Å². The molecule has 2 aromatic carbocycles. The maximum absolute atomic E-state index is 12.6. The van der Waals surface area contributed by atoms with Crippen LogP contribution in [0.15, 0.2) is 52.1 Å². The van der Waals surface area contributed by atoms with Gasteiger partial charge in [0.05, 0.1) is 18.4 Å². The number of hydrogen-bond donors (Lipinski definition) is 1. The Morgan fingerprint density at radius 3 is 2.43 bits per heavy atom. The Kier molecular flexibility index (Phi) is 7.69. The minimum absolute atomic E-state index is 0.0270. The van der Waals surface area contributed by atoms with Crippen LogP contribution >= 0.6 is 11.8 Å². The van der Waals surface area contributed by atoms with E-state index in [9.17, 15) is 13.2 Å². The lowest BCUT2D eigenvalue weighted by atomic mass is 10.1. The minimum Gasteiger partial charge on any atom is -0.493 e. The fourth-order valence-corrected chi connectivity index (χ4v) is 5.71. The molecule has 2 aliphatic rings. The molecular formula is C25H26N4O6S2. The van der Waals surface area contributed by atoms with Gasteiger partial charge in [0.1, 0.15) is 19.0 Å². The second-order valence-electron chi connectivity index (χ2n) is 8.17. The van der Waals surface area contributed by atoms with Crippen molar-refractivity contribution in [3.63, 3.8) is 0 Å². The van der Waals surface area contributed by atoms with Crippen molar-refractivity contribution in [3.8, 4) is 17.2 Å². The molecule has 0 unspecified atom stereocenters. The van der Waals surface area contributed by atoms with Gasteiger partial charge in [-0.25, -0.2) is 8.42 Å². The summed E-state index contributed by atoms with van der Waals surface area (Å²) in [6.07, 6.45) is 1.48. The van der Waals surface area contributed by atoms with Crippen molar-refractivity contribution in [3.05, 3.63) is 58.7 Å². The predicted octanol–water partition coefficient (Wildman–Crippen LogP) is 3.78. The first-order chi connectivity index (χ1) is 17.6. The Morgan fingerprint density at radius 2 is 1.76 bits per heavy atom. The zero-order valence-electron chi connectivity index (χ0n) is 20.8. The summed E-state index contributed by atoms with van der Waals surface area (Å²) in [6, 6.07) is 11.1. The predicted molar refractivity (Wildman–Crippen MR) is 144 cm³/mol. The zero-order chi connectivity index (χ0) is 26.7. The first kappa shape index (κ1) is 26.4. The first-order valence-electron chi connectivity index (χ1n) is 11.4. The number of ether oxygens (including phenoxy) is 3. The van der Waals surface area contributed by atoms with E-state index < -0.39 is 15.7 Å². The highest BCUT2D eigenvalue weighted by molar-refractivity contribution is 8.42. The number of nitrogens with one attached hydrogen (secondary N) is 1. The number of hydrazone groups is 1. The fourth-order valence-electron chi connectivity index (χ4n) is 3.55. The van der Waals surface area contributed by atoms with Gasteiger partial charge in [-0.1, -0.05) is 30.7 Å². The third-order valence-corrected chi connectivity index (χ3v) is 8.60. The molecule has 0 atom stereocenters. The average Bonchev–Trinajstić information content (AvgIpc) is 3.31. The van der Waals surface area contributed by atoms with Crippen LogP contribution in [-0.4, -0.2) is 60.8 Å². The van der Waals surface area contributed by atoms with Crippen LogP contribution in [0.2, 0.25) is 0 Å². The van der Waals surface area contributed by atoms with Crippen LogP contribution in [0.5, 0.6) is 17.2 Å².